The lowest BCUT2D eigenvalue weighted by atomic mass is 9.72. The van der Waals surface area contributed by atoms with Crippen LogP contribution in [0.4, 0.5) is 0 Å². The summed E-state index contributed by atoms with van der Waals surface area (Å²) in [5.74, 6) is 0.975. The molecule has 0 aromatic heterocycles. The topological polar surface area (TPSA) is 58.6 Å². The summed E-state index contributed by atoms with van der Waals surface area (Å²) in [6.45, 7) is 9.57. The lowest BCUT2D eigenvalue weighted by Crippen LogP contribution is -2.30. The number of benzene rings is 2. The number of aliphatic carboxylic acids is 1. The average Bonchev–Trinajstić information content (AvgIpc) is 2.67. The maximum Gasteiger partial charge on any atom is 0.304 e. The molecule has 0 amide bonds. The van der Waals surface area contributed by atoms with Crippen molar-refractivity contribution in [1.29, 1.82) is 0 Å². The van der Waals surface area contributed by atoms with E-state index in [0.717, 1.165) is 30.1 Å². The van der Waals surface area contributed by atoms with Crippen molar-refractivity contribution in [1.82, 2.24) is 5.32 Å². The first-order valence-electron chi connectivity index (χ1n) is 10.9. The molecule has 4 nitrogen and oxygen atoms in total. The second kappa shape index (κ2) is 9.17. The van der Waals surface area contributed by atoms with Gasteiger partial charge in [0.1, 0.15) is 5.75 Å². The van der Waals surface area contributed by atoms with Crippen molar-refractivity contribution in [2.24, 2.45) is 11.3 Å². The van der Waals surface area contributed by atoms with Gasteiger partial charge in [-0.3, -0.25) is 4.79 Å². The predicted molar refractivity (Wildman–Crippen MR) is 118 cm³/mol. The Labute approximate surface area is 174 Å². The van der Waals surface area contributed by atoms with E-state index in [4.69, 9.17) is 9.84 Å². The molecule has 1 unspecified atom stereocenters. The third kappa shape index (κ3) is 5.96. The van der Waals surface area contributed by atoms with Crippen LogP contribution in [-0.2, 0) is 4.79 Å². The summed E-state index contributed by atoms with van der Waals surface area (Å²) in [6, 6.07) is 12.9. The molecule has 1 atom stereocenters. The van der Waals surface area contributed by atoms with Crippen LogP contribution in [0.25, 0.3) is 10.8 Å². The Morgan fingerprint density at radius 3 is 2.41 bits per heavy atom. The zero-order valence-corrected chi connectivity index (χ0v) is 18.2. The van der Waals surface area contributed by atoms with Gasteiger partial charge in [-0.1, -0.05) is 39.0 Å². The van der Waals surface area contributed by atoms with E-state index in [1.54, 1.807) is 0 Å². The monoisotopic (exact) mass is 397 g/mol. The lowest BCUT2D eigenvalue weighted by molar-refractivity contribution is -0.136. The molecular formula is C25H35NO3. The van der Waals surface area contributed by atoms with Crippen LogP contribution >= 0.6 is 0 Å². The normalized spacial score (nSPS) is 21.1. The largest absolute Gasteiger partial charge is 0.490 e. The highest BCUT2D eigenvalue weighted by Gasteiger charge is 2.30. The van der Waals surface area contributed by atoms with Gasteiger partial charge < -0.3 is 15.2 Å². The number of rotatable bonds is 7. The van der Waals surface area contributed by atoms with E-state index in [0.29, 0.717) is 18.1 Å². The van der Waals surface area contributed by atoms with E-state index in [1.807, 2.05) is 0 Å². The first-order valence-corrected chi connectivity index (χ1v) is 10.9. The van der Waals surface area contributed by atoms with Gasteiger partial charge in [-0.2, -0.15) is 0 Å². The standard InChI is InChI=1S/C25H35NO3/c1-17(26-14-13-24(27)28)18-5-6-20-16-23(10-7-19(20)15-18)29-22-11-8-21(9-12-22)25(2,3)4/h5-7,10,15-17,21-22,26H,8-9,11-14H2,1-4H3,(H,27,28). The molecule has 2 aromatic rings. The SMILES string of the molecule is CC(NCCC(=O)O)c1ccc2cc(OC3CCC(C(C)(C)C)CC3)ccc2c1. The number of nitrogens with one attached hydrogen (secondary N) is 1. The van der Waals surface area contributed by atoms with Crippen molar-refractivity contribution in [3.8, 4) is 5.75 Å². The number of ether oxygens (including phenoxy) is 1. The minimum absolute atomic E-state index is 0.118. The smallest absolute Gasteiger partial charge is 0.304 e. The Morgan fingerprint density at radius 2 is 1.76 bits per heavy atom. The Kier molecular flexibility index (Phi) is 6.84. The molecule has 158 valence electrons. The van der Waals surface area contributed by atoms with Crippen LogP contribution in [0, 0.1) is 11.3 Å². The van der Waals surface area contributed by atoms with Gasteiger partial charge in [0.15, 0.2) is 0 Å². The number of fused-ring (bicyclic) bond motifs is 1. The van der Waals surface area contributed by atoms with Crippen LogP contribution in [0.3, 0.4) is 0 Å². The van der Waals surface area contributed by atoms with Crippen molar-refractivity contribution in [3.63, 3.8) is 0 Å². The summed E-state index contributed by atoms with van der Waals surface area (Å²) >= 11 is 0. The molecule has 1 aliphatic carbocycles. The molecule has 0 radical (unpaired) electrons. The van der Waals surface area contributed by atoms with Gasteiger partial charge in [0, 0.05) is 12.6 Å². The molecule has 0 aliphatic heterocycles. The molecule has 29 heavy (non-hydrogen) atoms. The fourth-order valence-electron chi connectivity index (χ4n) is 4.34. The summed E-state index contributed by atoms with van der Waals surface area (Å²) in [5, 5.41) is 14.4. The van der Waals surface area contributed by atoms with Crippen LogP contribution in [0.5, 0.6) is 5.75 Å². The molecular weight excluding hydrogens is 362 g/mol. The van der Waals surface area contributed by atoms with E-state index in [1.165, 1.54) is 23.6 Å². The van der Waals surface area contributed by atoms with Gasteiger partial charge in [-0.25, -0.2) is 0 Å². The Balaban J connectivity index is 1.60. The van der Waals surface area contributed by atoms with Gasteiger partial charge in [-0.05, 0) is 78.5 Å². The minimum Gasteiger partial charge on any atom is -0.490 e. The molecule has 2 N–H and O–H groups in total. The Morgan fingerprint density at radius 1 is 1.10 bits per heavy atom. The van der Waals surface area contributed by atoms with Crippen molar-refractivity contribution >= 4 is 16.7 Å². The first-order chi connectivity index (χ1) is 13.7. The molecule has 1 saturated carbocycles. The predicted octanol–water partition coefficient (Wildman–Crippen LogP) is 5.95. The molecule has 3 rings (SSSR count). The van der Waals surface area contributed by atoms with Gasteiger partial charge >= 0.3 is 5.97 Å². The van der Waals surface area contributed by atoms with Crippen LogP contribution in [0.15, 0.2) is 36.4 Å². The summed E-state index contributed by atoms with van der Waals surface area (Å²) in [7, 11) is 0. The average molecular weight is 398 g/mol. The van der Waals surface area contributed by atoms with Crippen LogP contribution in [0.1, 0.15) is 71.4 Å². The number of hydrogen-bond acceptors (Lipinski definition) is 3. The van der Waals surface area contributed by atoms with Gasteiger partial charge in [0.25, 0.3) is 0 Å². The molecule has 1 aliphatic rings. The van der Waals surface area contributed by atoms with Crippen molar-refractivity contribution in [3.05, 3.63) is 42.0 Å². The Bertz CT molecular complexity index is 832. The van der Waals surface area contributed by atoms with E-state index >= 15 is 0 Å². The fraction of sp³-hybridized carbons (Fsp3) is 0.560. The highest BCUT2D eigenvalue weighted by Crippen LogP contribution is 2.39. The lowest BCUT2D eigenvalue weighted by Gasteiger charge is -2.37. The highest BCUT2D eigenvalue weighted by atomic mass is 16.5. The van der Waals surface area contributed by atoms with Crippen LogP contribution in [-0.4, -0.2) is 23.7 Å². The molecule has 0 bridgehead atoms. The fourth-order valence-corrected chi connectivity index (χ4v) is 4.34. The molecule has 0 spiro atoms. The van der Waals surface area contributed by atoms with E-state index in [-0.39, 0.29) is 12.5 Å². The number of hydrogen-bond donors (Lipinski definition) is 2. The second-order valence-electron chi connectivity index (χ2n) is 9.55. The molecule has 0 saturated heterocycles. The quantitative estimate of drug-likeness (QED) is 0.606. The zero-order valence-electron chi connectivity index (χ0n) is 18.2. The maximum atomic E-state index is 10.7. The van der Waals surface area contributed by atoms with Gasteiger partial charge in [-0.15, -0.1) is 0 Å². The second-order valence-corrected chi connectivity index (χ2v) is 9.55. The van der Waals surface area contributed by atoms with E-state index < -0.39 is 5.97 Å². The minimum atomic E-state index is -0.775. The number of carbonyl (C=O) groups is 1. The third-order valence-corrected chi connectivity index (χ3v) is 6.33. The summed E-state index contributed by atoms with van der Waals surface area (Å²) in [6.07, 6.45) is 5.23. The van der Waals surface area contributed by atoms with Crippen LogP contribution < -0.4 is 10.1 Å². The molecule has 4 heteroatoms. The van der Waals surface area contributed by atoms with Gasteiger partial charge in [0.05, 0.1) is 12.5 Å². The first kappa shape index (κ1) is 21.6. The molecule has 0 heterocycles. The van der Waals surface area contributed by atoms with Gasteiger partial charge in [0.2, 0.25) is 0 Å². The summed E-state index contributed by atoms with van der Waals surface area (Å²) in [5.41, 5.74) is 1.56. The van der Waals surface area contributed by atoms with E-state index in [9.17, 15) is 4.79 Å². The van der Waals surface area contributed by atoms with E-state index in [2.05, 4.69) is 69.4 Å². The highest BCUT2D eigenvalue weighted by molar-refractivity contribution is 5.84. The molecule has 2 aromatic carbocycles. The van der Waals surface area contributed by atoms with Crippen molar-refractivity contribution < 1.29 is 14.6 Å². The number of carboxylic acid groups (broad SMARTS) is 1. The summed E-state index contributed by atoms with van der Waals surface area (Å²) in [4.78, 5) is 10.7. The third-order valence-electron chi connectivity index (χ3n) is 6.33. The maximum absolute atomic E-state index is 10.7. The molecule has 1 fully saturated rings. The number of carboxylic acids is 1. The van der Waals surface area contributed by atoms with Crippen molar-refractivity contribution in [2.75, 3.05) is 6.54 Å². The Hall–Kier alpha value is -2.07. The summed E-state index contributed by atoms with van der Waals surface area (Å²) < 4.78 is 6.31. The zero-order chi connectivity index (χ0) is 21.0. The van der Waals surface area contributed by atoms with Crippen molar-refractivity contribution in [2.45, 2.75) is 71.9 Å². The van der Waals surface area contributed by atoms with Crippen LogP contribution in [0.2, 0.25) is 0 Å².